The molecular formula is C70H135NO10. The van der Waals surface area contributed by atoms with Crippen LogP contribution in [-0.2, 0) is 23.8 Å². The minimum Gasteiger partial charge on any atom is -0.454 e. The van der Waals surface area contributed by atoms with E-state index in [9.17, 15) is 35.1 Å². The standard InChI is InChI=1S/C70H135NO10/c1-4-7-10-13-16-19-22-25-26-27-28-29-30-31-32-33-34-35-36-37-40-42-45-48-51-54-57-63(74)69(78)71-61(62(73)56-53-50-47-44-41-38-23-20-17-14-11-8-5-2)60-79-70-68(67(77)66(76)64(59-72)80-70)81-65(75)58-55-52-49-46-43-39-24-21-18-15-12-9-6-3/h53,56,61-64,66-68,70,72-74,76-77H,4-52,54-55,57-60H2,1-3H3,(H,71,78)/b56-53+. The molecule has 0 aromatic heterocycles. The Bertz CT molecular complexity index is 1370. The number of unbranched alkanes of at least 4 members (excludes halogenated alkanes) is 48. The Morgan fingerprint density at radius 1 is 0.469 bits per heavy atom. The van der Waals surface area contributed by atoms with Crippen LogP contribution in [0.25, 0.3) is 0 Å². The van der Waals surface area contributed by atoms with E-state index in [1.807, 2.05) is 6.08 Å². The van der Waals surface area contributed by atoms with Gasteiger partial charge in [-0.25, -0.2) is 0 Å². The van der Waals surface area contributed by atoms with Crippen LogP contribution in [0.5, 0.6) is 0 Å². The zero-order chi connectivity index (χ0) is 58.9. The van der Waals surface area contributed by atoms with Gasteiger partial charge in [-0.05, 0) is 25.7 Å². The minimum atomic E-state index is -1.61. The maximum Gasteiger partial charge on any atom is 0.306 e. The van der Waals surface area contributed by atoms with E-state index in [0.29, 0.717) is 19.3 Å². The third kappa shape index (κ3) is 46.3. The highest BCUT2D eigenvalue weighted by atomic mass is 16.7. The van der Waals surface area contributed by atoms with Crippen molar-refractivity contribution in [1.29, 1.82) is 0 Å². The fraction of sp³-hybridized carbons (Fsp3) is 0.943. The van der Waals surface area contributed by atoms with Gasteiger partial charge < -0.3 is 45.1 Å². The lowest BCUT2D eigenvalue weighted by Gasteiger charge is -2.41. The van der Waals surface area contributed by atoms with Crippen molar-refractivity contribution in [1.82, 2.24) is 5.32 Å². The number of aliphatic hydroxyl groups is 5. The molecule has 6 N–H and O–H groups in total. The molecule has 11 heteroatoms. The van der Waals surface area contributed by atoms with Gasteiger partial charge in [-0.3, -0.25) is 9.59 Å². The lowest BCUT2D eigenvalue weighted by Crippen LogP contribution is -2.61. The second kappa shape index (κ2) is 58.8. The molecule has 1 fully saturated rings. The number of allylic oxidation sites excluding steroid dienone is 1. The minimum absolute atomic E-state index is 0.131. The molecule has 1 saturated heterocycles. The first-order valence-corrected chi connectivity index (χ1v) is 35.5. The molecule has 11 nitrogen and oxygen atoms in total. The third-order valence-electron chi connectivity index (χ3n) is 17.2. The number of carbonyl (C=O) groups is 2. The van der Waals surface area contributed by atoms with Gasteiger partial charge in [0, 0.05) is 6.42 Å². The molecule has 0 bridgehead atoms. The molecule has 0 aliphatic carbocycles. The maximum absolute atomic E-state index is 13.5. The lowest BCUT2D eigenvalue weighted by atomic mass is 9.99. The molecular weight excluding hydrogens is 1010 g/mol. The van der Waals surface area contributed by atoms with Crippen molar-refractivity contribution in [2.75, 3.05) is 13.2 Å². The number of carbonyl (C=O) groups excluding carboxylic acids is 2. The SMILES string of the molecule is CCCCCCCCCCCCC/C=C/C(O)C(COC1OC(CO)C(O)C(O)C1OC(=O)CCCCCCCCCCCCCCC)NC(=O)C(O)CCCCCCCCCCCCCCCCCCCCCCCCCCCC. The summed E-state index contributed by atoms with van der Waals surface area (Å²) in [5, 5.41) is 57.2. The number of rotatable bonds is 62. The quantitative estimate of drug-likeness (QED) is 0.0195. The van der Waals surface area contributed by atoms with Crippen LogP contribution >= 0.6 is 0 Å². The Balaban J connectivity index is 2.53. The van der Waals surface area contributed by atoms with Crippen molar-refractivity contribution in [3.05, 3.63) is 12.2 Å². The van der Waals surface area contributed by atoms with Crippen LogP contribution in [-0.4, -0.2) is 99.6 Å². The van der Waals surface area contributed by atoms with Crippen LogP contribution < -0.4 is 5.32 Å². The van der Waals surface area contributed by atoms with Gasteiger partial charge in [0.1, 0.15) is 24.4 Å². The van der Waals surface area contributed by atoms with Crippen LogP contribution in [0.1, 0.15) is 361 Å². The number of esters is 1. The molecule has 1 rings (SSSR count). The van der Waals surface area contributed by atoms with E-state index >= 15 is 0 Å². The van der Waals surface area contributed by atoms with Crippen molar-refractivity contribution in [3.63, 3.8) is 0 Å². The topological polar surface area (TPSA) is 175 Å². The van der Waals surface area contributed by atoms with E-state index in [1.165, 1.54) is 257 Å². The van der Waals surface area contributed by atoms with Gasteiger partial charge >= 0.3 is 5.97 Å². The summed E-state index contributed by atoms with van der Waals surface area (Å²) in [4.78, 5) is 26.6. The highest BCUT2D eigenvalue weighted by molar-refractivity contribution is 5.80. The molecule has 8 atom stereocenters. The molecule has 0 radical (unpaired) electrons. The smallest absolute Gasteiger partial charge is 0.306 e. The highest BCUT2D eigenvalue weighted by Gasteiger charge is 2.47. The van der Waals surface area contributed by atoms with E-state index in [0.717, 1.165) is 57.8 Å². The summed E-state index contributed by atoms with van der Waals surface area (Å²) in [5.41, 5.74) is 0. The van der Waals surface area contributed by atoms with Crippen molar-refractivity contribution in [3.8, 4) is 0 Å². The molecule has 1 heterocycles. The average Bonchev–Trinajstić information content (AvgIpc) is 3.50. The van der Waals surface area contributed by atoms with Gasteiger partial charge in [-0.2, -0.15) is 0 Å². The van der Waals surface area contributed by atoms with Crippen molar-refractivity contribution in [2.45, 2.75) is 410 Å². The summed E-state index contributed by atoms with van der Waals surface area (Å²) in [5.74, 6) is -1.17. The molecule has 81 heavy (non-hydrogen) atoms. The molecule has 1 aliphatic heterocycles. The van der Waals surface area contributed by atoms with Crippen LogP contribution in [0.3, 0.4) is 0 Å². The maximum atomic E-state index is 13.5. The zero-order valence-corrected chi connectivity index (χ0v) is 53.4. The Labute approximate surface area is 499 Å². The Hall–Kier alpha value is -1.60. The molecule has 0 saturated carbocycles. The zero-order valence-electron chi connectivity index (χ0n) is 53.4. The molecule has 480 valence electrons. The summed E-state index contributed by atoms with van der Waals surface area (Å²) in [6, 6.07) is -1.02. The summed E-state index contributed by atoms with van der Waals surface area (Å²) in [6.45, 7) is 5.85. The predicted molar refractivity (Wildman–Crippen MR) is 338 cm³/mol. The van der Waals surface area contributed by atoms with Crippen molar-refractivity contribution < 1.29 is 49.3 Å². The number of ether oxygens (including phenoxy) is 3. The number of hydrogen-bond acceptors (Lipinski definition) is 10. The van der Waals surface area contributed by atoms with E-state index in [2.05, 4.69) is 26.1 Å². The second-order valence-electron chi connectivity index (χ2n) is 25.0. The van der Waals surface area contributed by atoms with Gasteiger partial charge in [0.2, 0.25) is 5.91 Å². The van der Waals surface area contributed by atoms with Crippen LogP contribution in [0, 0.1) is 0 Å². The van der Waals surface area contributed by atoms with Gasteiger partial charge in [0.25, 0.3) is 0 Å². The second-order valence-corrected chi connectivity index (χ2v) is 25.0. The third-order valence-corrected chi connectivity index (χ3v) is 17.2. The fourth-order valence-corrected chi connectivity index (χ4v) is 11.6. The number of aliphatic hydroxyl groups excluding tert-OH is 5. The fourth-order valence-electron chi connectivity index (χ4n) is 11.6. The van der Waals surface area contributed by atoms with Gasteiger partial charge in [-0.15, -0.1) is 0 Å². The van der Waals surface area contributed by atoms with Crippen molar-refractivity contribution in [2.24, 2.45) is 0 Å². The van der Waals surface area contributed by atoms with Crippen LogP contribution in [0.2, 0.25) is 0 Å². The van der Waals surface area contributed by atoms with E-state index in [-0.39, 0.29) is 13.0 Å². The van der Waals surface area contributed by atoms with E-state index in [1.54, 1.807) is 6.08 Å². The first-order valence-electron chi connectivity index (χ1n) is 35.5. The average molecular weight is 1150 g/mol. The number of nitrogens with one attached hydrogen (secondary N) is 1. The first-order chi connectivity index (χ1) is 39.7. The number of amides is 1. The Kier molecular flexibility index (Phi) is 56.2. The Morgan fingerprint density at radius 2 is 0.802 bits per heavy atom. The molecule has 0 aromatic carbocycles. The highest BCUT2D eigenvalue weighted by Crippen LogP contribution is 2.27. The lowest BCUT2D eigenvalue weighted by molar-refractivity contribution is -0.305. The van der Waals surface area contributed by atoms with Crippen LogP contribution in [0.4, 0.5) is 0 Å². The van der Waals surface area contributed by atoms with Gasteiger partial charge in [0.15, 0.2) is 12.4 Å². The summed E-state index contributed by atoms with van der Waals surface area (Å²) >= 11 is 0. The van der Waals surface area contributed by atoms with Crippen molar-refractivity contribution >= 4 is 11.9 Å². The normalized spacial score (nSPS) is 18.6. The summed E-state index contributed by atoms with van der Waals surface area (Å²) < 4.78 is 17.7. The monoisotopic (exact) mass is 1150 g/mol. The molecule has 0 aromatic rings. The summed E-state index contributed by atoms with van der Waals surface area (Å²) in [6.07, 6.45) is 58.4. The number of hydrogen-bond donors (Lipinski definition) is 6. The van der Waals surface area contributed by atoms with Gasteiger partial charge in [0.05, 0.1) is 25.4 Å². The summed E-state index contributed by atoms with van der Waals surface area (Å²) in [7, 11) is 0. The Morgan fingerprint density at radius 3 is 1.16 bits per heavy atom. The predicted octanol–water partition coefficient (Wildman–Crippen LogP) is 17.9. The first kappa shape index (κ1) is 77.4. The molecule has 8 unspecified atom stereocenters. The molecule has 0 spiro atoms. The largest absolute Gasteiger partial charge is 0.454 e. The van der Waals surface area contributed by atoms with Crippen LogP contribution in [0.15, 0.2) is 12.2 Å². The van der Waals surface area contributed by atoms with E-state index < -0.39 is 67.4 Å². The van der Waals surface area contributed by atoms with E-state index in [4.69, 9.17) is 14.2 Å². The molecule has 1 amide bonds. The van der Waals surface area contributed by atoms with Gasteiger partial charge in [-0.1, -0.05) is 341 Å². The molecule has 1 aliphatic rings.